The van der Waals surface area contributed by atoms with E-state index in [0.717, 1.165) is 50.9 Å². The molecule has 2 amide bonds. The van der Waals surface area contributed by atoms with Crippen LogP contribution in [0.1, 0.15) is 36.8 Å². The number of nitrogens with zero attached hydrogens (tertiary/aromatic N) is 2. The minimum atomic E-state index is -0.463. The number of carbonyl (C=O) groups excluding carboxylic acids is 2. The number of hydrogen-bond acceptors (Lipinski definition) is 4. The van der Waals surface area contributed by atoms with Crippen molar-refractivity contribution in [3.63, 3.8) is 0 Å². The number of nitrogens with one attached hydrogen (secondary N) is 1. The van der Waals surface area contributed by atoms with Gasteiger partial charge in [-0.15, -0.1) is 0 Å². The van der Waals surface area contributed by atoms with E-state index >= 15 is 0 Å². The number of aryl methyl sites for hydroxylation is 1. The van der Waals surface area contributed by atoms with Crippen LogP contribution in [0.25, 0.3) is 0 Å². The highest BCUT2D eigenvalue weighted by molar-refractivity contribution is 5.81. The summed E-state index contributed by atoms with van der Waals surface area (Å²) in [5.41, 5.74) is 1.98. The monoisotopic (exact) mass is 385 g/mol. The lowest BCUT2D eigenvalue weighted by molar-refractivity contribution is -0.183. The fourth-order valence-corrected chi connectivity index (χ4v) is 4.36. The number of hydrogen-bond donors (Lipinski definition) is 1. The van der Waals surface area contributed by atoms with Crippen molar-refractivity contribution >= 4 is 11.8 Å². The van der Waals surface area contributed by atoms with Crippen molar-refractivity contribution in [2.45, 2.75) is 50.9 Å². The Hall–Kier alpha value is -1.92. The quantitative estimate of drug-likeness (QED) is 0.857. The number of carbonyl (C=O) groups is 2. The van der Waals surface area contributed by atoms with Gasteiger partial charge in [-0.25, -0.2) is 0 Å². The zero-order valence-electron chi connectivity index (χ0n) is 16.9. The van der Waals surface area contributed by atoms with Crippen LogP contribution in [0.3, 0.4) is 0 Å². The van der Waals surface area contributed by atoms with Crippen molar-refractivity contribution in [2.24, 2.45) is 5.92 Å². The van der Waals surface area contributed by atoms with E-state index in [2.05, 4.69) is 29.3 Å². The van der Waals surface area contributed by atoms with Gasteiger partial charge in [0.25, 0.3) is 5.91 Å². The number of likely N-dealkylation sites (tertiary alicyclic amines) is 1. The molecule has 2 aliphatic heterocycles. The summed E-state index contributed by atoms with van der Waals surface area (Å²) in [5.74, 6) is 0.527. The molecule has 4 rings (SSSR count). The fourth-order valence-electron chi connectivity index (χ4n) is 4.36. The number of piperidine rings is 1. The van der Waals surface area contributed by atoms with E-state index in [9.17, 15) is 9.59 Å². The van der Waals surface area contributed by atoms with E-state index in [1.807, 2.05) is 24.1 Å². The molecule has 1 aromatic rings. The molecule has 0 radical (unpaired) electrons. The lowest BCUT2D eigenvalue weighted by Crippen LogP contribution is -2.61. The fraction of sp³-hybridized carbons (Fsp3) is 0.636. The van der Waals surface area contributed by atoms with Crippen LogP contribution >= 0.6 is 0 Å². The Balaban J connectivity index is 1.33. The first-order chi connectivity index (χ1) is 13.4. The van der Waals surface area contributed by atoms with E-state index in [1.165, 1.54) is 5.56 Å². The molecule has 1 aliphatic carbocycles. The Morgan fingerprint density at radius 1 is 1.18 bits per heavy atom. The van der Waals surface area contributed by atoms with E-state index in [0.29, 0.717) is 19.0 Å². The van der Waals surface area contributed by atoms with Gasteiger partial charge in [0.15, 0.2) is 0 Å². The van der Waals surface area contributed by atoms with Crippen molar-refractivity contribution < 1.29 is 14.3 Å². The maximum absolute atomic E-state index is 12.8. The zero-order chi connectivity index (χ0) is 19.7. The second kappa shape index (κ2) is 7.84. The highest BCUT2D eigenvalue weighted by atomic mass is 16.5. The molecule has 1 atom stereocenters. The van der Waals surface area contributed by atoms with Crippen LogP contribution in [0, 0.1) is 12.8 Å². The predicted molar refractivity (Wildman–Crippen MR) is 107 cm³/mol. The van der Waals surface area contributed by atoms with Crippen LogP contribution in [0.4, 0.5) is 0 Å². The van der Waals surface area contributed by atoms with Crippen LogP contribution in [0.5, 0.6) is 0 Å². The Labute approximate surface area is 167 Å². The highest BCUT2D eigenvalue weighted by Gasteiger charge is 2.45. The standard InChI is InChI=1S/C22H31N3O3/c1-16-3-5-17(6-4-16)13-23-20(26)19-14-24(2)15-22(28-19)9-11-25(12-10-22)21(27)18-7-8-18/h3-6,18-19H,7-15H2,1-2H3,(H,23,26)/t19-/m1/s1. The summed E-state index contributed by atoms with van der Waals surface area (Å²) in [4.78, 5) is 29.3. The summed E-state index contributed by atoms with van der Waals surface area (Å²) in [5, 5.41) is 3.03. The summed E-state index contributed by atoms with van der Waals surface area (Å²) in [6, 6.07) is 8.19. The van der Waals surface area contributed by atoms with Gasteiger partial charge >= 0.3 is 0 Å². The molecule has 1 N–H and O–H groups in total. The number of rotatable bonds is 4. The van der Waals surface area contributed by atoms with E-state index in [4.69, 9.17) is 4.74 Å². The molecule has 1 aromatic carbocycles. The van der Waals surface area contributed by atoms with Gasteiger partial charge in [0.1, 0.15) is 6.10 Å². The second-order valence-corrected chi connectivity index (χ2v) is 8.79. The Morgan fingerprint density at radius 3 is 2.50 bits per heavy atom. The first-order valence-electron chi connectivity index (χ1n) is 10.4. The first kappa shape index (κ1) is 19.4. The van der Waals surface area contributed by atoms with Crippen LogP contribution in [-0.4, -0.2) is 66.5 Å². The molecular weight excluding hydrogens is 354 g/mol. The van der Waals surface area contributed by atoms with Crippen molar-refractivity contribution in [3.05, 3.63) is 35.4 Å². The molecule has 1 saturated carbocycles. The third-order valence-electron chi connectivity index (χ3n) is 6.22. The van der Waals surface area contributed by atoms with Gasteiger partial charge in [-0.2, -0.15) is 0 Å². The Bertz CT molecular complexity index is 721. The molecule has 2 heterocycles. The zero-order valence-corrected chi connectivity index (χ0v) is 16.9. The third kappa shape index (κ3) is 4.39. The lowest BCUT2D eigenvalue weighted by Gasteiger charge is -2.48. The van der Waals surface area contributed by atoms with Crippen molar-refractivity contribution in [2.75, 3.05) is 33.2 Å². The lowest BCUT2D eigenvalue weighted by atomic mass is 9.88. The minimum Gasteiger partial charge on any atom is -0.359 e. The normalized spacial score (nSPS) is 24.9. The van der Waals surface area contributed by atoms with Crippen molar-refractivity contribution in [3.8, 4) is 0 Å². The number of morpholine rings is 1. The van der Waals surface area contributed by atoms with Gasteiger partial charge in [-0.05, 0) is 45.2 Å². The SMILES string of the molecule is Cc1ccc(CNC(=O)[C@H]2CN(C)CC3(CCN(C(=O)C4CC4)CC3)O2)cc1. The molecule has 6 nitrogen and oxygen atoms in total. The van der Waals surface area contributed by atoms with Crippen molar-refractivity contribution in [1.82, 2.24) is 15.1 Å². The number of benzene rings is 1. The molecule has 0 bridgehead atoms. The van der Waals surface area contributed by atoms with Crippen LogP contribution in [-0.2, 0) is 20.9 Å². The molecule has 0 aromatic heterocycles. The summed E-state index contributed by atoms with van der Waals surface area (Å²) in [7, 11) is 2.05. The van der Waals surface area contributed by atoms with Gasteiger partial charge in [0.05, 0.1) is 5.60 Å². The largest absolute Gasteiger partial charge is 0.359 e. The summed E-state index contributed by atoms with van der Waals surface area (Å²) >= 11 is 0. The first-order valence-corrected chi connectivity index (χ1v) is 10.4. The van der Waals surface area contributed by atoms with Crippen LogP contribution < -0.4 is 5.32 Å². The average Bonchev–Trinajstić information content (AvgIpc) is 3.52. The topological polar surface area (TPSA) is 61.9 Å². The third-order valence-corrected chi connectivity index (χ3v) is 6.22. The number of ether oxygens (including phenoxy) is 1. The minimum absolute atomic E-state index is 0.0528. The summed E-state index contributed by atoms with van der Waals surface area (Å²) < 4.78 is 6.37. The second-order valence-electron chi connectivity index (χ2n) is 8.79. The van der Waals surface area contributed by atoms with Gasteiger partial charge in [-0.1, -0.05) is 29.8 Å². The van der Waals surface area contributed by atoms with Gasteiger partial charge in [-0.3, -0.25) is 9.59 Å². The van der Waals surface area contributed by atoms with E-state index in [-0.39, 0.29) is 17.4 Å². The maximum Gasteiger partial charge on any atom is 0.250 e. The summed E-state index contributed by atoms with van der Waals surface area (Å²) in [6.45, 7) is 5.46. The Morgan fingerprint density at radius 2 is 1.86 bits per heavy atom. The van der Waals surface area contributed by atoms with Crippen molar-refractivity contribution in [1.29, 1.82) is 0 Å². The molecule has 0 unspecified atom stereocenters. The van der Waals surface area contributed by atoms with Gasteiger partial charge < -0.3 is 19.9 Å². The molecule has 3 fully saturated rings. The Kier molecular flexibility index (Phi) is 5.43. The average molecular weight is 386 g/mol. The molecule has 2 saturated heterocycles. The van der Waals surface area contributed by atoms with Gasteiger partial charge in [0, 0.05) is 38.6 Å². The molecular formula is C22H31N3O3. The summed E-state index contributed by atoms with van der Waals surface area (Å²) in [6.07, 6.45) is 3.23. The van der Waals surface area contributed by atoms with Crippen LogP contribution in [0.15, 0.2) is 24.3 Å². The number of amides is 2. The smallest absolute Gasteiger partial charge is 0.250 e. The predicted octanol–water partition coefficient (Wildman–Crippen LogP) is 1.71. The number of likely N-dealkylation sites (N-methyl/N-ethyl adjacent to an activating group) is 1. The van der Waals surface area contributed by atoms with E-state index in [1.54, 1.807) is 0 Å². The van der Waals surface area contributed by atoms with E-state index < -0.39 is 6.10 Å². The molecule has 28 heavy (non-hydrogen) atoms. The molecule has 6 heteroatoms. The molecule has 152 valence electrons. The van der Waals surface area contributed by atoms with Crippen LogP contribution in [0.2, 0.25) is 0 Å². The molecule has 1 spiro atoms. The van der Waals surface area contributed by atoms with Gasteiger partial charge in [0.2, 0.25) is 5.91 Å². The molecule has 3 aliphatic rings. The highest BCUT2D eigenvalue weighted by Crippen LogP contribution is 2.36. The maximum atomic E-state index is 12.8.